The monoisotopic (exact) mass is 249 g/mol. The van der Waals surface area contributed by atoms with Crippen LogP contribution in [0.4, 0.5) is 0 Å². The molecular weight excluding hydrogens is 226 g/mol. The van der Waals surface area contributed by atoms with E-state index in [-0.39, 0.29) is 0 Å². The second-order valence-electron chi connectivity index (χ2n) is 5.67. The lowest BCUT2D eigenvalue weighted by atomic mass is 9.96. The Morgan fingerprint density at radius 1 is 1.44 bits per heavy atom. The Morgan fingerprint density at radius 3 is 3.00 bits per heavy atom. The molecule has 4 nitrogen and oxygen atoms in total. The highest BCUT2D eigenvalue weighted by molar-refractivity contribution is 5.25. The lowest BCUT2D eigenvalue weighted by molar-refractivity contribution is 0.103. The number of ether oxygens (including phenoxy) is 1. The van der Waals surface area contributed by atoms with Crippen LogP contribution < -0.4 is 0 Å². The maximum Gasteiger partial charge on any atom is 0.0562 e. The first-order valence-corrected chi connectivity index (χ1v) is 7.08. The van der Waals surface area contributed by atoms with Crippen LogP contribution in [0.2, 0.25) is 0 Å². The molecule has 0 aromatic carbocycles. The second kappa shape index (κ2) is 5.02. The van der Waals surface area contributed by atoms with Gasteiger partial charge >= 0.3 is 0 Å². The highest BCUT2D eigenvalue weighted by Gasteiger charge is 2.32. The third kappa shape index (κ3) is 2.45. The van der Waals surface area contributed by atoms with E-state index < -0.39 is 0 Å². The number of fused-ring (bicyclic) bond motifs is 1. The van der Waals surface area contributed by atoms with Gasteiger partial charge < -0.3 is 4.74 Å². The van der Waals surface area contributed by atoms with Crippen LogP contribution in [0.1, 0.15) is 36.9 Å². The van der Waals surface area contributed by atoms with Gasteiger partial charge in [-0.3, -0.25) is 9.58 Å². The first-order valence-electron chi connectivity index (χ1n) is 7.08. The van der Waals surface area contributed by atoms with Crippen LogP contribution in [-0.2, 0) is 18.3 Å². The van der Waals surface area contributed by atoms with E-state index in [2.05, 4.69) is 16.9 Å². The molecule has 0 spiro atoms. The van der Waals surface area contributed by atoms with E-state index in [4.69, 9.17) is 4.74 Å². The molecule has 0 N–H and O–H groups in total. The van der Waals surface area contributed by atoms with E-state index in [1.165, 1.54) is 30.6 Å². The summed E-state index contributed by atoms with van der Waals surface area (Å²) in [5.74, 6) is 1.44. The first kappa shape index (κ1) is 12.2. The maximum atomic E-state index is 5.66. The van der Waals surface area contributed by atoms with Crippen molar-refractivity contribution in [3.63, 3.8) is 0 Å². The fourth-order valence-corrected chi connectivity index (χ4v) is 3.04. The zero-order valence-corrected chi connectivity index (χ0v) is 11.4. The average molecular weight is 249 g/mol. The number of nitrogens with zero attached hydrogens (tertiary/aromatic N) is 3. The van der Waals surface area contributed by atoms with E-state index in [0.29, 0.717) is 5.92 Å². The minimum atomic E-state index is 0.486. The summed E-state index contributed by atoms with van der Waals surface area (Å²) in [6.07, 6.45) is 4.88. The Morgan fingerprint density at radius 2 is 2.28 bits per heavy atom. The summed E-state index contributed by atoms with van der Waals surface area (Å²) in [7, 11) is 2.05. The second-order valence-corrected chi connectivity index (χ2v) is 5.67. The number of aryl methyl sites for hydroxylation is 1. The van der Waals surface area contributed by atoms with E-state index in [1.54, 1.807) is 0 Å². The third-order valence-corrected chi connectivity index (χ3v) is 4.06. The molecule has 1 aliphatic heterocycles. The van der Waals surface area contributed by atoms with Crippen molar-refractivity contribution in [2.45, 2.75) is 32.2 Å². The maximum absolute atomic E-state index is 5.66. The van der Waals surface area contributed by atoms with E-state index >= 15 is 0 Å². The molecule has 1 saturated carbocycles. The Labute approximate surface area is 109 Å². The van der Waals surface area contributed by atoms with Crippen molar-refractivity contribution in [2.24, 2.45) is 13.0 Å². The Balaban J connectivity index is 1.75. The summed E-state index contributed by atoms with van der Waals surface area (Å²) < 4.78 is 7.69. The van der Waals surface area contributed by atoms with Crippen LogP contribution in [0.3, 0.4) is 0 Å². The van der Waals surface area contributed by atoms with Crippen molar-refractivity contribution in [2.75, 3.05) is 26.3 Å². The molecule has 2 aliphatic rings. The fourth-order valence-electron chi connectivity index (χ4n) is 3.04. The summed E-state index contributed by atoms with van der Waals surface area (Å²) in [6.45, 7) is 7.15. The van der Waals surface area contributed by atoms with Gasteiger partial charge in [-0.05, 0) is 25.7 Å². The lowest BCUT2D eigenvalue weighted by Crippen LogP contribution is -2.37. The van der Waals surface area contributed by atoms with E-state index in [0.717, 1.165) is 32.2 Å². The Hall–Kier alpha value is -0.870. The van der Waals surface area contributed by atoms with Crippen LogP contribution in [0.25, 0.3) is 0 Å². The van der Waals surface area contributed by atoms with Crippen LogP contribution in [0.5, 0.6) is 0 Å². The highest BCUT2D eigenvalue weighted by Crippen LogP contribution is 2.34. The zero-order valence-electron chi connectivity index (χ0n) is 11.4. The third-order valence-electron chi connectivity index (χ3n) is 4.06. The predicted octanol–water partition coefficient (Wildman–Crippen LogP) is 1.77. The molecule has 0 amide bonds. The number of rotatable bonds is 5. The molecule has 0 saturated heterocycles. The predicted molar refractivity (Wildman–Crippen MR) is 70.4 cm³/mol. The number of hydrogen-bond donors (Lipinski definition) is 0. The molecule has 18 heavy (non-hydrogen) atoms. The SMILES string of the molecule is CCOC[C@H]1CN(CC2CC2)Cc2cnn(C)c21. The van der Waals surface area contributed by atoms with Crippen LogP contribution >= 0.6 is 0 Å². The van der Waals surface area contributed by atoms with Crippen LogP contribution in [0, 0.1) is 5.92 Å². The Bertz CT molecular complexity index is 411. The van der Waals surface area contributed by atoms with Gasteiger partial charge in [0.05, 0.1) is 12.8 Å². The molecule has 0 bridgehead atoms. The summed E-state index contributed by atoms with van der Waals surface area (Å²) in [6, 6.07) is 0. The van der Waals surface area contributed by atoms with Crippen molar-refractivity contribution in [1.29, 1.82) is 0 Å². The topological polar surface area (TPSA) is 30.3 Å². The number of hydrogen-bond acceptors (Lipinski definition) is 3. The fraction of sp³-hybridized carbons (Fsp3) is 0.786. The van der Waals surface area contributed by atoms with Crippen molar-refractivity contribution >= 4 is 0 Å². The molecule has 4 heteroatoms. The molecule has 0 radical (unpaired) electrons. The summed E-state index contributed by atoms with van der Waals surface area (Å²) in [4.78, 5) is 2.59. The van der Waals surface area contributed by atoms with Gasteiger partial charge in [0.25, 0.3) is 0 Å². The van der Waals surface area contributed by atoms with Gasteiger partial charge in [0.2, 0.25) is 0 Å². The molecule has 2 heterocycles. The van der Waals surface area contributed by atoms with Crippen molar-refractivity contribution in [3.05, 3.63) is 17.5 Å². The summed E-state index contributed by atoms with van der Waals surface area (Å²) in [5.41, 5.74) is 2.78. The van der Waals surface area contributed by atoms with E-state index in [1.807, 2.05) is 17.9 Å². The summed E-state index contributed by atoms with van der Waals surface area (Å²) >= 11 is 0. The van der Waals surface area contributed by atoms with Gasteiger partial charge in [0.15, 0.2) is 0 Å². The largest absolute Gasteiger partial charge is 0.381 e. The van der Waals surface area contributed by atoms with E-state index in [9.17, 15) is 0 Å². The van der Waals surface area contributed by atoms with Crippen molar-refractivity contribution in [3.8, 4) is 0 Å². The van der Waals surface area contributed by atoms with Gasteiger partial charge in [-0.1, -0.05) is 0 Å². The average Bonchev–Trinajstić information content (AvgIpc) is 3.09. The molecule has 1 aromatic rings. The minimum absolute atomic E-state index is 0.486. The van der Waals surface area contributed by atoms with Gasteiger partial charge in [0, 0.05) is 50.5 Å². The minimum Gasteiger partial charge on any atom is -0.381 e. The van der Waals surface area contributed by atoms with Gasteiger partial charge in [-0.15, -0.1) is 0 Å². The van der Waals surface area contributed by atoms with Crippen LogP contribution in [-0.4, -0.2) is 41.0 Å². The van der Waals surface area contributed by atoms with Gasteiger partial charge in [0.1, 0.15) is 0 Å². The molecule has 1 aliphatic carbocycles. The number of aromatic nitrogens is 2. The van der Waals surface area contributed by atoms with Crippen molar-refractivity contribution in [1.82, 2.24) is 14.7 Å². The molecule has 1 fully saturated rings. The van der Waals surface area contributed by atoms with Crippen LogP contribution in [0.15, 0.2) is 6.20 Å². The van der Waals surface area contributed by atoms with Gasteiger partial charge in [-0.2, -0.15) is 5.10 Å². The molecule has 1 atom stereocenters. The zero-order chi connectivity index (χ0) is 12.5. The molecule has 1 aromatic heterocycles. The highest BCUT2D eigenvalue weighted by atomic mass is 16.5. The standard InChI is InChI=1S/C14H23N3O/c1-3-18-10-13-9-17(7-11-4-5-11)8-12-6-15-16(2)14(12)13/h6,11,13H,3-5,7-10H2,1-2H3/t13-/m1/s1. The smallest absolute Gasteiger partial charge is 0.0562 e. The summed E-state index contributed by atoms with van der Waals surface area (Å²) in [5, 5.41) is 4.42. The molecule has 3 rings (SSSR count). The Kier molecular flexibility index (Phi) is 3.39. The van der Waals surface area contributed by atoms with Crippen molar-refractivity contribution < 1.29 is 4.74 Å². The molecular formula is C14H23N3O. The quantitative estimate of drug-likeness (QED) is 0.796. The normalized spacial score (nSPS) is 24.2. The first-order chi connectivity index (χ1) is 8.78. The molecule has 100 valence electrons. The van der Waals surface area contributed by atoms with Gasteiger partial charge in [-0.25, -0.2) is 0 Å². The lowest BCUT2D eigenvalue weighted by Gasteiger charge is -2.33. The molecule has 0 unspecified atom stereocenters.